The van der Waals surface area contributed by atoms with Crippen molar-refractivity contribution in [1.82, 2.24) is 15.0 Å². The summed E-state index contributed by atoms with van der Waals surface area (Å²) in [6, 6.07) is 15.1. The molecule has 10 nitrogen and oxygen atoms in total. The molecule has 0 spiro atoms. The van der Waals surface area contributed by atoms with Crippen molar-refractivity contribution < 1.29 is 28.3 Å². The molecule has 2 amide bonds. The molecule has 222 valence electrons. The van der Waals surface area contributed by atoms with Crippen LogP contribution in [0, 0.1) is 0 Å². The monoisotopic (exact) mass is 574 g/mol. The third-order valence-electron chi connectivity index (χ3n) is 5.27. The Morgan fingerprint density at radius 2 is 1.60 bits per heavy atom. The number of allylic oxidation sites excluding steroid dienone is 1. The van der Waals surface area contributed by atoms with E-state index in [0.717, 1.165) is 11.1 Å². The number of carbonyl (C=O) groups is 2. The molecule has 0 aliphatic carbocycles. The number of amidine groups is 1. The number of aromatic nitrogens is 2. The molecule has 0 fully saturated rings. The molecule has 0 radical (unpaired) electrons. The molecule has 0 aliphatic heterocycles. The largest absolute Gasteiger partial charge is 0.473 e. The van der Waals surface area contributed by atoms with Crippen molar-refractivity contribution in [3.63, 3.8) is 0 Å². The van der Waals surface area contributed by atoms with Gasteiger partial charge >= 0.3 is 12.2 Å². The number of benzene rings is 1. The zero-order valence-electron chi connectivity index (χ0n) is 25.2. The van der Waals surface area contributed by atoms with E-state index in [9.17, 15) is 9.59 Å². The maximum absolute atomic E-state index is 13.2. The van der Waals surface area contributed by atoms with Crippen LogP contribution in [0.2, 0.25) is 0 Å². The first kappa shape index (κ1) is 31.8. The number of rotatable bonds is 8. The summed E-state index contributed by atoms with van der Waals surface area (Å²) >= 11 is 0. The van der Waals surface area contributed by atoms with E-state index in [0.29, 0.717) is 29.5 Å². The third kappa shape index (κ3) is 9.72. The van der Waals surface area contributed by atoms with Gasteiger partial charge in [0.25, 0.3) is 0 Å². The molecule has 3 rings (SSSR count). The summed E-state index contributed by atoms with van der Waals surface area (Å²) in [7, 11) is 0. The Balaban J connectivity index is 1.80. The summed E-state index contributed by atoms with van der Waals surface area (Å²) < 4.78 is 22.3. The normalized spacial score (nSPS) is 12.2. The van der Waals surface area contributed by atoms with Crippen LogP contribution in [0.4, 0.5) is 9.59 Å². The van der Waals surface area contributed by atoms with Crippen LogP contribution in [0.15, 0.2) is 83.1 Å². The highest BCUT2D eigenvalue weighted by molar-refractivity contribution is 6.29. The van der Waals surface area contributed by atoms with E-state index in [-0.39, 0.29) is 17.2 Å². The molecule has 0 unspecified atom stereocenters. The van der Waals surface area contributed by atoms with Crippen molar-refractivity contribution in [2.24, 2.45) is 4.99 Å². The highest BCUT2D eigenvalue weighted by Gasteiger charge is 2.37. The fourth-order valence-corrected chi connectivity index (χ4v) is 3.48. The number of aliphatic imine (C=N–C) groups is 1. The van der Waals surface area contributed by atoms with Crippen molar-refractivity contribution in [3.05, 3.63) is 96.2 Å². The molecule has 2 heterocycles. The van der Waals surface area contributed by atoms with Gasteiger partial charge in [-0.15, -0.1) is 0 Å². The fourth-order valence-electron chi connectivity index (χ4n) is 3.48. The lowest BCUT2D eigenvalue weighted by Crippen LogP contribution is -2.47. The van der Waals surface area contributed by atoms with E-state index in [1.165, 1.54) is 6.20 Å². The summed E-state index contributed by atoms with van der Waals surface area (Å²) in [5, 5.41) is 4.17. The number of hydrogen-bond donors (Lipinski definition) is 0. The quantitative estimate of drug-likeness (QED) is 0.202. The molecule has 42 heavy (non-hydrogen) atoms. The van der Waals surface area contributed by atoms with Gasteiger partial charge in [0.15, 0.2) is 11.6 Å². The van der Waals surface area contributed by atoms with E-state index in [4.69, 9.17) is 18.7 Å². The Morgan fingerprint density at radius 3 is 2.14 bits per heavy atom. The molecule has 0 bridgehead atoms. The van der Waals surface area contributed by atoms with Crippen LogP contribution >= 0.6 is 0 Å². The highest BCUT2D eigenvalue weighted by atomic mass is 16.6. The van der Waals surface area contributed by atoms with E-state index in [1.54, 1.807) is 72.9 Å². The molecule has 0 atom stereocenters. The number of pyridine rings is 1. The van der Waals surface area contributed by atoms with Gasteiger partial charge in [-0.1, -0.05) is 48.1 Å². The van der Waals surface area contributed by atoms with Gasteiger partial charge in [-0.3, -0.25) is 0 Å². The van der Waals surface area contributed by atoms with Crippen LogP contribution in [0.1, 0.15) is 71.0 Å². The Kier molecular flexibility index (Phi) is 10.4. The first-order valence-corrected chi connectivity index (χ1v) is 13.5. The standard InChI is InChI=1S/C32H38N4O6/c1-9-17-34-28(36(29(37)40-31(3,4)5)30(38)41-32(6,7)8)22(2)26-20-25(35-42-26)19-23-13-15-24(16-14-23)21-39-27-12-10-11-18-33-27/h9-18,20H,2,19,21H2,1,3-8H3/b17-9-,34-28?. The number of nitrogens with zero attached hydrogens (tertiary/aromatic N) is 4. The Bertz CT molecular complexity index is 1400. The van der Waals surface area contributed by atoms with E-state index >= 15 is 0 Å². The molecule has 10 heteroatoms. The lowest BCUT2D eigenvalue weighted by atomic mass is 10.1. The van der Waals surface area contributed by atoms with E-state index in [1.807, 2.05) is 36.4 Å². The van der Waals surface area contributed by atoms with Gasteiger partial charge in [0.1, 0.15) is 17.8 Å². The predicted molar refractivity (Wildman–Crippen MR) is 160 cm³/mol. The summed E-state index contributed by atoms with van der Waals surface area (Å²) in [4.78, 5) is 35.6. The minimum Gasteiger partial charge on any atom is -0.473 e. The minimum atomic E-state index is -0.965. The highest BCUT2D eigenvalue weighted by Crippen LogP contribution is 2.24. The van der Waals surface area contributed by atoms with Crippen molar-refractivity contribution in [2.45, 2.75) is 72.7 Å². The van der Waals surface area contributed by atoms with Crippen molar-refractivity contribution >= 4 is 23.6 Å². The average molecular weight is 575 g/mol. The minimum absolute atomic E-state index is 0.114. The van der Waals surface area contributed by atoms with E-state index < -0.39 is 23.4 Å². The second kappa shape index (κ2) is 13.8. The number of ether oxygens (including phenoxy) is 3. The average Bonchev–Trinajstić information content (AvgIpc) is 3.37. The number of carbonyl (C=O) groups excluding carboxylic acids is 2. The maximum atomic E-state index is 13.2. The van der Waals surface area contributed by atoms with E-state index in [2.05, 4.69) is 21.7 Å². The SMILES string of the molecule is C=C(C(=N/C=C\C)N(C(=O)OC(C)(C)C)C(=O)OC(C)(C)C)c1cc(Cc2ccc(COc3ccccn3)cc2)no1. The summed E-state index contributed by atoms with van der Waals surface area (Å²) in [6.07, 6.45) is 3.30. The Morgan fingerprint density at radius 1 is 0.976 bits per heavy atom. The van der Waals surface area contributed by atoms with Gasteiger partial charge in [-0.25, -0.2) is 19.6 Å². The van der Waals surface area contributed by atoms with Gasteiger partial charge < -0.3 is 18.7 Å². The second-order valence-electron chi connectivity index (χ2n) is 11.3. The van der Waals surface area contributed by atoms with Crippen LogP contribution < -0.4 is 4.74 Å². The van der Waals surface area contributed by atoms with Crippen LogP contribution in [0.5, 0.6) is 5.88 Å². The number of hydrogen-bond acceptors (Lipinski definition) is 9. The molecule has 2 aromatic heterocycles. The lowest BCUT2D eigenvalue weighted by Gasteiger charge is -2.29. The van der Waals surface area contributed by atoms with Crippen LogP contribution in [-0.4, -0.2) is 44.3 Å². The molecule has 0 aliphatic rings. The molecule has 0 saturated carbocycles. The second-order valence-corrected chi connectivity index (χ2v) is 11.3. The molecular formula is C32H38N4O6. The topological polar surface area (TPSA) is 116 Å². The van der Waals surface area contributed by atoms with Crippen LogP contribution in [0.25, 0.3) is 5.57 Å². The molecule has 1 aromatic carbocycles. The van der Waals surface area contributed by atoms with Gasteiger partial charge in [-0.05, 0) is 65.7 Å². The lowest BCUT2D eigenvalue weighted by molar-refractivity contribution is 0.0150. The smallest absolute Gasteiger partial charge is 0.425 e. The number of amides is 2. The zero-order chi connectivity index (χ0) is 30.9. The van der Waals surface area contributed by atoms with Gasteiger partial charge in [-0.2, -0.15) is 4.90 Å². The fraction of sp³-hybridized carbons (Fsp3) is 0.344. The summed E-state index contributed by atoms with van der Waals surface area (Å²) in [5.74, 6) is 0.675. The van der Waals surface area contributed by atoms with Gasteiger partial charge in [0, 0.05) is 31.0 Å². The summed E-state index contributed by atoms with van der Waals surface area (Å²) in [6.45, 7) is 16.4. The Hall–Kier alpha value is -4.73. The zero-order valence-corrected chi connectivity index (χ0v) is 25.2. The van der Waals surface area contributed by atoms with Gasteiger partial charge in [0.05, 0.1) is 11.3 Å². The molecule has 0 saturated heterocycles. The predicted octanol–water partition coefficient (Wildman–Crippen LogP) is 7.36. The first-order valence-electron chi connectivity index (χ1n) is 13.5. The number of imide groups is 1. The van der Waals surface area contributed by atoms with Crippen LogP contribution in [0.3, 0.4) is 0 Å². The Labute approximate surface area is 246 Å². The third-order valence-corrected chi connectivity index (χ3v) is 5.27. The summed E-state index contributed by atoms with van der Waals surface area (Å²) in [5.41, 5.74) is 0.982. The van der Waals surface area contributed by atoms with Crippen molar-refractivity contribution in [2.75, 3.05) is 0 Å². The first-order chi connectivity index (χ1) is 19.8. The maximum Gasteiger partial charge on any atom is 0.425 e. The van der Waals surface area contributed by atoms with Gasteiger partial charge in [0.2, 0.25) is 5.88 Å². The molecule has 3 aromatic rings. The molecular weight excluding hydrogens is 536 g/mol. The van der Waals surface area contributed by atoms with Crippen LogP contribution in [-0.2, 0) is 22.5 Å². The molecule has 0 N–H and O–H groups in total. The van der Waals surface area contributed by atoms with Crippen molar-refractivity contribution in [3.8, 4) is 5.88 Å². The van der Waals surface area contributed by atoms with Crippen molar-refractivity contribution in [1.29, 1.82) is 0 Å².